The summed E-state index contributed by atoms with van der Waals surface area (Å²) in [4.78, 5) is 0. The molecule has 0 aromatic rings. The van der Waals surface area contributed by atoms with E-state index in [0.717, 1.165) is 12.3 Å². The van der Waals surface area contributed by atoms with E-state index in [1.54, 1.807) is 0 Å². The van der Waals surface area contributed by atoms with Crippen molar-refractivity contribution in [2.45, 2.75) is 13.3 Å². The maximum absolute atomic E-state index is 3.92. The highest BCUT2D eigenvalue weighted by Gasteiger charge is 2.06. The maximum atomic E-state index is 3.92. The molecule has 4 heteroatoms. The molecular formula is C4H10N4. The molecule has 4 nitrogen and oxygen atoms in total. The van der Waals surface area contributed by atoms with Gasteiger partial charge in [0, 0.05) is 13.5 Å². The first-order valence-corrected chi connectivity index (χ1v) is 2.65. The quantitative estimate of drug-likeness (QED) is 0.490. The van der Waals surface area contributed by atoms with Crippen LogP contribution in [-0.4, -0.2) is 17.9 Å². The SMILES string of the molecule is CCC1=NNNN1C. The van der Waals surface area contributed by atoms with E-state index in [1.165, 1.54) is 0 Å². The maximum Gasteiger partial charge on any atom is 0.141 e. The number of hydrogen-bond donors (Lipinski definition) is 2. The van der Waals surface area contributed by atoms with Crippen LogP contribution in [-0.2, 0) is 0 Å². The zero-order valence-corrected chi connectivity index (χ0v) is 5.10. The summed E-state index contributed by atoms with van der Waals surface area (Å²) in [6, 6.07) is 0. The predicted octanol–water partition coefficient (Wildman–Crippen LogP) is -0.336. The Morgan fingerprint density at radius 2 is 2.50 bits per heavy atom. The van der Waals surface area contributed by atoms with Gasteiger partial charge >= 0.3 is 0 Å². The highest BCUT2D eigenvalue weighted by atomic mass is 15.8. The van der Waals surface area contributed by atoms with Crippen LogP contribution in [0, 0.1) is 0 Å². The van der Waals surface area contributed by atoms with E-state index in [2.05, 4.69) is 23.1 Å². The van der Waals surface area contributed by atoms with Gasteiger partial charge in [-0.1, -0.05) is 6.92 Å². The predicted molar refractivity (Wildman–Crippen MR) is 31.8 cm³/mol. The van der Waals surface area contributed by atoms with E-state index in [9.17, 15) is 0 Å². The lowest BCUT2D eigenvalue weighted by molar-refractivity contribution is 0.345. The van der Waals surface area contributed by atoms with Gasteiger partial charge in [0.2, 0.25) is 0 Å². The summed E-state index contributed by atoms with van der Waals surface area (Å²) in [6.07, 6.45) is 0.955. The van der Waals surface area contributed by atoms with Crippen molar-refractivity contribution in [3.05, 3.63) is 0 Å². The van der Waals surface area contributed by atoms with Crippen LogP contribution >= 0.6 is 0 Å². The van der Waals surface area contributed by atoms with Crippen molar-refractivity contribution < 1.29 is 0 Å². The van der Waals surface area contributed by atoms with Crippen LogP contribution in [0.25, 0.3) is 0 Å². The summed E-state index contributed by atoms with van der Waals surface area (Å²) in [7, 11) is 1.92. The van der Waals surface area contributed by atoms with Crippen LogP contribution in [0.3, 0.4) is 0 Å². The molecule has 8 heavy (non-hydrogen) atoms. The smallest absolute Gasteiger partial charge is 0.141 e. The number of nitrogens with zero attached hydrogens (tertiary/aromatic N) is 2. The Bertz CT molecular complexity index is 109. The summed E-state index contributed by atoms with van der Waals surface area (Å²) in [5.74, 6) is 1.03. The lowest BCUT2D eigenvalue weighted by Crippen LogP contribution is -2.36. The molecule has 0 unspecified atom stereocenters. The van der Waals surface area contributed by atoms with Gasteiger partial charge in [-0.05, 0) is 0 Å². The molecule has 0 aromatic heterocycles. The van der Waals surface area contributed by atoms with Crippen LogP contribution in [0.5, 0.6) is 0 Å². The minimum Gasteiger partial charge on any atom is -0.278 e. The van der Waals surface area contributed by atoms with Crippen LogP contribution in [0.1, 0.15) is 13.3 Å². The first-order valence-electron chi connectivity index (χ1n) is 2.65. The van der Waals surface area contributed by atoms with Gasteiger partial charge in [-0.3, -0.25) is 5.01 Å². The number of nitrogens with one attached hydrogen (secondary N) is 2. The van der Waals surface area contributed by atoms with Crippen molar-refractivity contribution >= 4 is 5.84 Å². The average Bonchev–Trinajstić information content (AvgIpc) is 2.14. The molecule has 1 aliphatic rings. The number of hydrazone groups is 1. The molecule has 0 saturated carbocycles. The number of hydrazine groups is 2. The molecule has 0 bridgehead atoms. The molecule has 0 radical (unpaired) electrons. The second-order valence-corrected chi connectivity index (χ2v) is 1.66. The molecule has 1 heterocycles. The minimum absolute atomic E-state index is 0.955. The van der Waals surface area contributed by atoms with E-state index >= 15 is 0 Å². The summed E-state index contributed by atoms with van der Waals surface area (Å²) in [5, 5.41) is 5.76. The fourth-order valence-corrected chi connectivity index (χ4v) is 0.620. The molecule has 0 atom stereocenters. The first-order chi connectivity index (χ1) is 3.84. The van der Waals surface area contributed by atoms with Crippen molar-refractivity contribution in [3.8, 4) is 0 Å². The number of hydrogen-bond acceptors (Lipinski definition) is 4. The third-order valence-electron chi connectivity index (χ3n) is 1.11. The zero-order chi connectivity index (χ0) is 5.98. The number of amidine groups is 1. The van der Waals surface area contributed by atoms with Gasteiger partial charge in [0.15, 0.2) is 0 Å². The van der Waals surface area contributed by atoms with E-state index in [-0.39, 0.29) is 0 Å². The Morgan fingerprint density at radius 3 is 2.75 bits per heavy atom. The molecule has 1 rings (SSSR count). The van der Waals surface area contributed by atoms with Gasteiger partial charge in [0.25, 0.3) is 0 Å². The minimum atomic E-state index is 0.955. The van der Waals surface area contributed by atoms with Crippen molar-refractivity contribution in [3.63, 3.8) is 0 Å². The Labute approximate surface area is 48.5 Å². The largest absolute Gasteiger partial charge is 0.278 e. The highest BCUT2D eigenvalue weighted by molar-refractivity contribution is 5.81. The molecule has 1 aliphatic heterocycles. The third kappa shape index (κ3) is 0.742. The standard InChI is InChI=1S/C4H10N4/c1-3-4-5-6-7-8(4)2/h6-7H,3H2,1-2H3. The molecule has 0 fully saturated rings. The normalized spacial score (nSPS) is 18.2. The Morgan fingerprint density at radius 1 is 1.75 bits per heavy atom. The summed E-state index contributed by atoms with van der Waals surface area (Å²) < 4.78 is 0. The first kappa shape index (κ1) is 5.37. The third-order valence-corrected chi connectivity index (χ3v) is 1.11. The van der Waals surface area contributed by atoms with Crippen molar-refractivity contribution in [2.75, 3.05) is 7.05 Å². The van der Waals surface area contributed by atoms with E-state index < -0.39 is 0 Å². The zero-order valence-electron chi connectivity index (χ0n) is 5.10. The molecule has 0 amide bonds. The van der Waals surface area contributed by atoms with Crippen molar-refractivity contribution in [2.24, 2.45) is 5.10 Å². The van der Waals surface area contributed by atoms with Crippen LogP contribution in [0.15, 0.2) is 5.10 Å². The monoisotopic (exact) mass is 114 g/mol. The van der Waals surface area contributed by atoms with E-state index in [0.29, 0.717) is 0 Å². The van der Waals surface area contributed by atoms with E-state index in [1.807, 2.05) is 12.1 Å². The molecular weight excluding hydrogens is 104 g/mol. The molecule has 0 saturated heterocycles. The molecule has 0 aliphatic carbocycles. The van der Waals surface area contributed by atoms with E-state index in [4.69, 9.17) is 0 Å². The van der Waals surface area contributed by atoms with Gasteiger partial charge in [0.1, 0.15) is 5.84 Å². The summed E-state index contributed by atoms with van der Waals surface area (Å²) >= 11 is 0. The second-order valence-electron chi connectivity index (χ2n) is 1.66. The van der Waals surface area contributed by atoms with Gasteiger partial charge in [-0.2, -0.15) is 0 Å². The Hall–Kier alpha value is -0.770. The molecule has 46 valence electrons. The Kier molecular flexibility index (Phi) is 1.34. The van der Waals surface area contributed by atoms with Crippen LogP contribution < -0.4 is 11.1 Å². The number of rotatable bonds is 1. The lowest BCUT2D eigenvalue weighted by Gasteiger charge is -2.08. The van der Waals surface area contributed by atoms with Gasteiger partial charge in [0.05, 0.1) is 0 Å². The average molecular weight is 114 g/mol. The molecule has 0 spiro atoms. The fourth-order valence-electron chi connectivity index (χ4n) is 0.620. The van der Waals surface area contributed by atoms with Crippen molar-refractivity contribution in [1.82, 2.24) is 16.1 Å². The summed E-state index contributed by atoms with van der Waals surface area (Å²) in [6.45, 7) is 2.06. The molecule has 2 N–H and O–H groups in total. The van der Waals surface area contributed by atoms with Crippen molar-refractivity contribution in [1.29, 1.82) is 0 Å². The Balaban J connectivity index is 2.49. The summed E-state index contributed by atoms with van der Waals surface area (Å²) in [5.41, 5.74) is 5.44. The van der Waals surface area contributed by atoms with Gasteiger partial charge in [-0.15, -0.1) is 10.6 Å². The van der Waals surface area contributed by atoms with Crippen LogP contribution in [0.4, 0.5) is 0 Å². The van der Waals surface area contributed by atoms with Gasteiger partial charge < -0.3 is 0 Å². The topological polar surface area (TPSA) is 39.7 Å². The fraction of sp³-hybridized carbons (Fsp3) is 0.750. The highest BCUT2D eigenvalue weighted by Crippen LogP contribution is 1.91. The van der Waals surface area contributed by atoms with Gasteiger partial charge in [-0.25, -0.2) is 5.53 Å². The lowest BCUT2D eigenvalue weighted by atomic mass is 10.4. The second kappa shape index (κ2) is 2.00. The van der Waals surface area contributed by atoms with Crippen LogP contribution in [0.2, 0.25) is 0 Å². The molecule has 0 aromatic carbocycles.